The maximum absolute atomic E-state index is 15.6. The first-order chi connectivity index (χ1) is 16.2. The topological polar surface area (TPSA) is 61.8 Å². The van der Waals surface area contributed by atoms with Crippen molar-refractivity contribution in [2.45, 2.75) is 38.0 Å². The lowest BCUT2D eigenvalue weighted by molar-refractivity contribution is 0.122. The molecule has 2 atom stereocenters. The highest BCUT2D eigenvalue weighted by Crippen LogP contribution is 2.36. The Balaban J connectivity index is 1.48. The molecular formula is C26H31FN6. The van der Waals surface area contributed by atoms with Crippen molar-refractivity contribution in [1.82, 2.24) is 30.0 Å². The molecule has 5 rings (SSSR count). The summed E-state index contributed by atoms with van der Waals surface area (Å²) < 4.78 is 17.5. The summed E-state index contributed by atoms with van der Waals surface area (Å²) in [6.07, 6.45) is 6.91. The van der Waals surface area contributed by atoms with Crippen molar-refractivity contribution >= 4 is 10.9 Å². The Morgan fingerprint density at radius 2 is 1.85 bits per heavy atom. The molecule has 0 spiro atoms. The van der Waals surface area contributed by atoms with Crippen molar-refractivity contribution in [3.63, 3.8) is 0 Å². The summed E-state index contributed by atoms with van der Waals surface area (Å²) in [5.41, 5.74) is 4.41. The summed E-state index contributed by atoms with van der Waals surface area (Å²) in [7, 11) is 2.11. The summed E-state index contributed by atoms with van der Waals surface area (Å²) >= 11 is 0. The first-order valence-corrected chi connectivity index (χ1v) is 11.7. The molecule has 0 amide bonds. The molecule has 172 valence electrons. The normalized spacial score (nSPS) is 16.9. The van der Waals surface area contributed by atoms with E-state index in [2.05, 4.69) is 75.0 Å². The van der Waals surface area contributed by atoms with Crippen LogP contribution in [0.3, 0.4) is 0 Å². The van der Waals surface area contributed by atoms with Crippen LogP contribution in [-0.2, 0) is 6.54 Å². The summed E-state index contributed by atoms with van der Waals surface area (Å²) in [5, 5.41) is 12.3. The fraction of sp³-hybridized carbons (Fsp3) is 0.385. The second-order valence-corrected chi connectivity index (χ2v) is 9.10. The van der Waals surface area contributed by atoms with Gasteiger partial charge in [-0.05, 0) is 74.6 Å². The van der Waals surface area contributed by atoms with Crippen molar-refractivity contribution in [2.75, 3.05) is 20.1 Å². The van der Waals surface area contributed by atoms with Crippen LogP contribution in [0, 0.1) is 5.92 Å². The average Bonchev–Trinajstić information content (AvgIpc) is 3.53. The zero-order chi connectivity index (χ0) is 22.6. The largest absolute Gasteiger partial charge is 0.361 e. The Kier molecular flexibility index (Phi) is 6.51. The highest BCUT2D eigenvalue weighted by atomic mass is 19.1. The van der Waals surface area contributed by atoms with Gasteiger partial charge >= 0.3 is 0 Å². The minimum Gasteiger partial charge on any atom is -0.361 e. The van der Waals surface area contributed by atoms with E-state index in [1.54, 1.807) is 12.7 Å². The third-order valence-corrected chi connectivity index (χ3v) is 6.92. The number of aromatic amines is 1. The van der Waals surface area contributed by atoms with Gasteiger partial charge in [-0.15, -0.1) is 10.2 Å². The lowest BCUT2D eigenvalue weighted by Gasteiger charge is -2.33. The highest BCUT2D eigenvalue weighted by Gasteiger charge is 2.30. The molecule has 0 aliphatic carbocycles. The number of hydrogen-bond donors (Lipinski definition) is 2. The highest BCUT2D eigenvalue weighted by molar-refractivity contribution is 5.85. The fourth-order valence-corrected chi connectivity index (χ4v) is 5.04. The number of H-pyrrole nitrogens is 1. The molecule has 3 heterocycles. The Morgan fingerprint density at radius 3 is 2.61 bits per heavy atom. The van der Waals surface area contributed by atoms with Crippen LogP contribution in [0.25, 0.3) is 16.6 Å². The monoisotopic (exact) mass is 446 g/mol. The van der Waals surface area contributed by atoms with Gasteiger partial charge in [0.05, 0.1) is 0 Å². The van der Waals surface area contributed by atoms with Crippen molar-refractivity contribution in [3.8, 4) is 5.69 Å². The first kappa shape index (κ1) is 21.8. The molecule has 1 aliphatic rings. The SMILES string of the molecule is CN(Cc1ccccc1)C(CC(F)C1CCNCC1)c1c[nH]c2ccc(-n3cnnc3)cc12. The lowest BCUT2D eigenvalue weighted by atomic mass is 9.87. The van der Waals surface area contributed by atoms with Gasteiger partial charge in [0.15, 0.2) is 0 Å². The number of alkyl halides is 1. The zero-order valence-corrected chi connectivity index (χ0v) is 19.0. The molecule has 0 bridgehead atoms. The summed E-state index contributed by atoms with van der Waals surface area (Å²) in [5.74, 6) is 0.122. The Morgan fingerprint density at radius 1 is 1.09 bits per heavy atom. The van der Waals surface area contributed by atoms with Gasteiger partial charge in [-0.2, -0.15) is 0 Å². The van der Waals surface area contributed by atoms with Crippen LogP contribution < -0.4 is 5.32 Å². The van der Waals surface area contributed by atoms with Gasteiger partial charge in [-0.25, -0.2) is 4.39 Å². The van der Waals surface area contributed by atoms with E-state index in [1.807, 2.05) is 16.7 Å². The Hall–Kier alpha value is -3.03. The number of nitrogens with zero attached hydrogens (tertiary/aromatic N) is 4. The van der Waals surface area contributed by atoms with Crippen LogP contribution >= 0.6 is 0 Å². The molecule has 2 N–H and O–H groups in total. The van der Waals surface area contributed by atoms with E-state index >= 15 is 4.39 Å². The number of fused-ring (bicyclic) bond motifs is 1. The van der Waals surface area contributed by atoms with Gasteiger partial charge in [0.2, 0.25) is 0 Å². The van der Waals surface area contributed by atoms with E-state index in [0.717, 1.165) is 54.6 Å². The number of piperidine rings is 1. The van der Waals surface area contributed by atoms with Crippen molar-refractivity contribution in [2.24, 2.45) is 5.92 Å². The van der Waals surface area contributed by atoms with Gasteiger partial charge in [0.25, 0.3) is 0 Å². The quantitative estimate of drug-likeness (QED) is 0.414. The number of halogens is 1. The van der Waals surface area contributed by atoms with Crippen LogP contribution in [0.4, 0.5) is 4.39 Å². The minimum atomic E-state index is -0.832. The Bertz CT molecular complexity index is 1150. The standard InChI is InChI=1S/C26H31FN6/c1-32(16-19-5-3-2-4-6-19)26(14-24(27)20-9-11-28-12-10-20)23-15-29-25-8-7-21(13-22(23)25)33-17-30-31-18-33/h2-8,13,15,17-18,20,24,26,28-29H,9-12,14,16H2,1H3. The number of hydrogen-bond acceptors (Lipinski definition) is 4. The van der Waals surface area contributed by atoms with Crippen LogP contribution in [0.5, 0.6) is 0 Å². The molecule has 7 heteroatoms. The fourth-order valence-electron chi connectivity index (χ4n) is 5.04. The molecule has 2 aromatic carbocycles. The van der Waals surface area contributed by atoms with Gasteiger partial charge in [0.1, 0.15) is 18.8 Å². The minimum absolute atomic E-state index is 0.0417. The second-order valence-electron chi connectivity index (χ2n) is 9.10. The number of benzene rings is 2. The van der Waals surface area contributed by atoms with E-state index in [-0.39, 0.29) is 12.0 Å². The van der Waals surface area contributed by atoms with Crippen LogP contribution in [0.1, 0.15) is 36.4 Å². The van der Waals surface area contributed by atoms with Crippen LogP contribution in [-0.4, -0.2) is 51.0 Å². The third-order valence-electron chi connectivity index (χ3n) is 6.92. The molecule has 0 saturated carbocycles. The van der Waals surface area contributed by atoms with Crippen molar-refractivity contribution in [3.05, 3.63) is 78.5 Å². The zero-order valence-electron chi connectivity index (χ0n) is 19.0. The molecule has 4 aromatic rings. The van der Waals surface area contributed by atoms with Gasteiger partial charge in [0, 0.05) is 35.4 Å². The number of rotatable bonds is 8. The van der Waals surface area contributed by atoms with Gasteiger partial charge in [-0.1, -0.05) is 30.3 Å². The van der Waals surface area contributed by atoms with E-state index in [9.17, 15) is 0 Å². The molecular weight excluding hydrogens is 415 g/mol. The van der Waals surface area contributed by atoms with E-state index < -0.39 is 6.17 Å². The van der Waals surface area contributed by atoms with E-state index in [0.29, 0.717) is 6.42 Å². The number of nitrogens with one attached hydrogen (secondary N) is 2. The molecule has 2 aromatic heterocycles. The smallest absolute Gasteiger partial charge is 0.123 e. The maximum atomic E-state index is 15.6. The molecule has 33 heavy (non-hydrogen) atoms. The van der Waals surface area contributed by atoms with Crippen molar-refractivity contribution in [1.29, 1.82) is 0 Å². The Labute approximate surface area is 193 Å². The predicted octanol–water partition coefficient (Wildman–Crippen LogP) is 4.65. The molecule has 1 saturated heterocycles. The van der Waals surface area contributed by atoms with E-state index in [1.165, 1.54) is 5.56 Å². The van der Waals surface area contributed by atoms with Crippen LogP contribution in [0.15, 0.2) is 67.4 Å². The summed E-state index contributed by atoms with van der Waals surface area (Å²) in [4.78, 5) is 5.70. The van der Waals surface area contributed by atoms with Gasteiger partial charge < -0.3 is 10.3 Å². The molecule has 6 nitrogen and oxygen atoms in total. The molecule has 0 radical (unpaired) electrons. The maximum Gasteiger partial charge on any atom is 0.123 e. The second kappa shape index (κ2) is 9.85. The molecule has 2 unspecified atom stereocenters. The molecule has 1 fully saturated rings. The number of aromatic nitrogens is 4. The summed E-state index contributed by atoms with van der Waals surface area (Å²) in [6, 6.07) is 16.6. The van der Waals surface area contributed by atoms with E-state index in [4.69, 9.17) is 0 Å². The third kappa shape index (κ3) is 4.84. The molecule has 1 aliphatic heterocycles. The van der Waals surface area contributed by atoms with Crippen LogP contribution in [0.2, 0.25) is 0 Å². The lowest BCUT2D eigenvalue weighted by Crippen LogP contribution is -2.35. The van der Waals surface area contributed by atoms with Crippen molar-refractivity contribution < 1.29 is 4.39 Å². The first-order valence-electron chi connectivity index (χ1n) is 11.7. The average molecular weight is 447 g/mol. The summed E-state index contributed by atoms with van der Waals surface area (Å²) in [6.45, 7) is 2.58. The van der Waals surface area contributed by atoms with Gasteiger partial charge in [-0.3, -0.25) is 9.47 Å². The predicted molar refractivity (Wildman–Crippen MR) is 129 cm³/mol.